The molecule has 6 heteroatoms. The summed E-state index contributed by atoms with van der Waals surface area (Å²) < 4.78 is 9.86. The second-order valence-electron chi connectivity index (χ2n) is 7.44. The number of carboxylic acids is 2. The van der Waals surface area contributed by atoms with Crippen LogP contribution in [0.5, 0.6) is 0 Å². The van der Waals surface area contributed by atoms with Crippen LogP contribution in [0.2, 0.25) is 26.6 Å². The quantitative estimate of drug-likeness (QED) is 0.193. The van der Waals surface area contributed by atoms with Crippen molar-refractivity contribution in [3.8, 4) is 0 Å². The maximum atomic E-state index is 9.73. The number of carbonyl (C=O) groups is 2. The van der Waals surface area contributed by atoms with E-state index in [0.717, 1.165) is 0 Å². The first-order chi connectivity index (χ1) is 13.7. The molecule has 0 spiro atoms. The SMILES string of the molecule is C=C(CC(=O)[O-])C(=O)[O-].CC[CH2][Sn+]([CH2]CC)[CH2]CC.CC[CH2][Sn+]([CH2]CC)[CH2]CC. The van der Waals surface area contributed by atoms with E-state index in [4.69, 9.17) is 0 Å². The van der Waals surface area contributed by atoms with Gasteiger partial charge in [-0.2, -0.15) is 0 Å². The van der Waals surface area contributed by atoms with Crippen LogP contribution in [0.4, 0.5) is 0 Å². The van der Waals surface area contributed by atoms with Gasteiger partial charge in [0.2, 0.25) is 0 Å². The van der Waals surface area contributed by atoms with Crippen LogP contribution >= 0.6 is 0 Å². The average molecular weight is 624 g/mol. The topological polar surface area (TPSA) is 80.3 Å². The van der Waals surface area contributed by atoms with Crippen LogP contribution in [0.25, 0.3) is 0 Å². The minimum absolute atomic E-state index is 0.477. The number of hydrogen-bond donors (Lipinski definition) is 0. The molecule has 170 valence electrons. The van der Waals surface area contributed by atoms with Gasteiger partial charge in [-0.05, 0) is 5.57 Å². The molecule has 0 aromatic heterocycles. The Morgan fingerprint density at radius 2 is 0.862 bits per heavy atom. The summed E-state index contributed by atoms with van der Waals surface area (Å²) in [6.45, 7) is 16.9. The van der Waals surface area contributed by atoms with E-state index in [0.29, 0.717) is 0 Å². The molecule has 0 saturated heterocycles. The summed E-state index contributed by atoms with van der Waals surface area (Å²) in [5.74, 6) is -3.02. The third-order valence-corrected chi connectivity index (χ3v) is 24.9. The van der Waals surface area contributed by atoms with Crippen LogP contribution in [0.15, 0.2) is 12.2 Å². The first-order valence-electron chi connectivity index (χ1n) is 11.5. The predicted molar refractivity (Wildman–Crippen MR) is 126 cm³/mol. The Kier molecular flexibility index (Phi) is 30.8. The zero-order valence-electron chi connectivity index (χ0n) is 20.0. The standard InChI is InChI=1S/C5H6O4.6C3H7.2Sn/c1-3(5(8)9)2-4(6)7;6*1-3-2;;/h1-2H2,(H,6,7)(H,8,9);6*1,3H2,2H3;;/q;;;;;;;2*+1/p-2. The van der Waals surface area contributed by atoms with Gasteiger partial charge in [0.25, 0.3) is 0 Å². The van der Waals surface area contributed by atoms with Crippen molar-refractivity contribution < 1.29 is 19.8 Å². The average Bonchev–Trinajstić information content (AvgIpc) is 2.63. The van der Waals surface area contributed by atoms with Gasteiger partial charge in [0.1, 0.15) is 0 Å². The van der Waals surface area contributed by atoms with Crippen molar-refractivity contribution in [1.29, 1.82) is 0 Å². The van der Waals surface area contributed by atoms with Crippen molar-refractivity contribution in [3.63, 3.8) is 0 Å². The molecule has 0 atom stereocenters. The number of carbonyl (C=O) groups excluding carboxylic acids is 2. The molecule has 0 aromatic rings. The van der Waals surface area contributed by atoms with Crippen LogP contribution < -0.4 is 10.2 Å². The van der Waals surface area contributed by atoms with E-state index < -0.39 is 63.5 Å². The van der Waals surface area contributed by atoms with E-state index in [2.05, 4.69) is 48.1 Å². The fourth-order valence-corrected chi connectivity index (χ4v) is 19.5. The number of rotatable bonds is 15. The Hall–Kier alpha value is 0.277. The van der Waals surface area contributed by atoms with Crippen LogP contribution in [-0.4, -0.2) is 51.5 Å². The van der Waals surface area contributed by atoms with Crippen LogP contribution in [0.3, 0.4) is 0 Å². The molecule has 0 N–H and O–H groups in total. The van der Waals surface area contributed by atoms with Gasteiger partial charge >= 0.3 is 146 Å². The van der Waals surface area contributed by atoms with Gasteiger partial charge in [-0.15, -0.1) is 0 Å². The molecule has 0 unspecified atom stereocenters. The number of carboxylic acid groups (broad SMARTS) is 2. The van der Waals surface area contributed by atoms with E-state index >= 15 is 0 Å². The summed E-state index contributed by atoms with van der Waals surface area (Å²) in [5.41, 5.74) is -0.477. The van der Waals surface area contributed by atoms with Crippen LogP contribution in [0.1, 0.15) is 86.5 Å². The summed E-state index contributed by atoms with van der Waals surface area (Å²) >= 11 is -1.52. The summed E-state index contributed by atoms with van der Waals surface area (Å²) in [4.78, 5) is 19.4. The first kappa shape index (κ1) is 33.9. The fourth-order valence-electron chi connectivity index (χ4n) is 3.12. The monoisotopic (exact) mass is 626 g/mol. The van der Waals surface area contributed by atoms with Gasteiger partial charge in [-0.1, -0.05) is 6.58 Å². The molecule has 4 nitrogen and oxygen atoms in total. The van der Waals surface area contributed by atoms with E-state index in [1.807, 2.05) is 0 Å². The molecule has 0 aromatic carbocycles. The Balaban J connectivity index is -0.000000350. The normalized spacial score (nSPS) is 9.45. The molecule has 0 rings (SSSR count). The molecule has 29 heavy (non-hydrogen) atoms. The van der Waals surface area contributed by atoms with E-state index in [9.17, 15) is 19.8 Å². The van der Waals surface area contributed by atoms with Crippen LogP contribution in [-0.2, 0) is 9.59 Å². The summed E-state index contributed by atoms with van der Waals surface area (Å²) in [5, 5.41) is 19.4. The van der Waals surface area contributed by atoms with Gasteiger partial charge in [0.05, 0.1) is 5.97 Å². The second kappa shape index (κ2) is 26.3. The summed E-state index contributed by atoms with van der Waals surface area (Å²) in [7, 11) is 0. The number of aliphatic carboxylic acids is 2. The Morgan fingerprint density at radius 3 is 0.966 bits per heavy atom. The minimum atomic E-state index is -1.56. The first-order valence-corrected chi connectivity index (χ1v) is 23.6. The second-order valence-corrected chi connectivity index (χ2v) is 24.6. The van der Waals surface area contributed by atoms with Crippen molar-refractivity contribution in [2.75, 3.05) is 0 Å². The third kappa shape index (κ3) is 28.3. The molecule has 0 radical (unpaired) electrons. The van der Waals surface area contributed by atoms with Gasteiger partial charge in [0.15, 0.2) is 0 Å². The Morgan fingerprint density at radius 1 is 0.621 bits per heavy atom. The van der Waals surface area contributed by atoms with Crippen LogP contribution in [0, 0.1) is 0 Å². The van der Waals surface area contributed by atoms with E-state index in [1.54, 1.807) is 26.6 Å². The van der Waals surface area contributed by atoms with Crippen molar-refractivity contribution in [1.82, 2.24) is 0 Å². The molecule has 0 bridgehead atoms. The van der Waals surface area contributed by atoms with Gasteiger partial charge in [-0.3, -0.25) is 0 Å². The maximum absolute atomic E-state index is 9.73. The van der Waals surface area contributed by atoms with E-state index in [-0.39, 0.29) is 0 Å². The van der Waals surface area contributed by atoms with Gasteiger partial charge in [-0.25, -0.2) is 0 Å². The number of hydrogen-bond acceptors (Lipinski definition) is 4. The molecule has 0 aliphatic heterocycles. The molecule has 0 fully saturated rings. The van der Waals surface area contributed by atoms with Gasteiger partial charge in [0, 0.05) is 12.4 Å². The molecule has 0 aliphatic carbocycles. The molecule has 0 heterocycles. The molecular weight excluding hydrogens is 578 g/mol. The Bertz CT molecular complexity index is 354. The fraction of sp³-hybridized carbons (Fsp3) is 0.826. The van der Waals surface area contributed by atoms with Gasteiger partial charge < -0.3 is 19.8 Å². The third-order valence-electron chi connectivity index (χ3n) is 4.27. The summed E-state index contributed by atoms with van der Waals surface area (Å²) in [6.07, 6.45) is 8.04. The zero-order chi connectivity index (χ0) is 23.1. The zero-order valence-corrected chi connectivity index (χ0v) is 25.7. The van der Waals surface area contributed by atoms with Crippen molar-refractivity contribution in [2.24, 2.45) is 0 Å². The molecule has 0 amide bonds. The van der Waals surface area contributed by atoms with Crippen molar-refractivity contribution in [3.05, 3.63) is 12.2 Å². The molecule has 0 aliphatic rings. The Labute approximate surface area is 195 Å². The van der Waals surface area contributed by atoms with E-state index in [1.165, 1.54) is 38.5 Å². The van der Waals surface area contributed by atoms with Crippen molar-refractivity contribution >= 4 is 51.5 Å². The predicted octanol–water partition coefficient (Wildman–Crippen LogP) is 4.85. The molecule has 0 saturated carbocycles. The van der Waals surface area contributed by atoms with Crippen molar-refractivity contribution in [2.45, 2.75) is 113 Å². The summed E-state index contributed by atoms with van der Waals surface area (Å²) in [6, 6.07) is 0. The molecular formula is C23H46O4Sn2.